The maximum absolute atomic E-state index is 12.1. The van der Waals surface area contributed by atoms with Crippen molar-refractivity contribution in [1.29, 1.82) is 0 Å². The van der Waals surface area contributed by atoms with Gasteiger partial charge in [-0.15, -0.1) is 0 Å². The smallest absolute Gasteiger partial charge is 0.350 e. The average molecular weight is 391 g/mol. The fourth-order valence-electron chi connectivity index (χ4n) is 3.32. The van der Waals surface area contributed by atoms with E-state index >= 15 is 0 Å². The normalized spacial score (nSPS) is 15.1. The van der Waals surface area contributed by atoms with Crippen LogP contribution in [-0.2, 0) is 20.7 Å². The largest absolute Gasteiger partial charge is 0.477 e. The summed E-state index contributed by atoms with van der Waals surface area (Å²) in [5.41, 5.74) is 4.34. The summed E-state index contributed by atoms with van der Waals surface area (Å²) in [7, 11) is 0. The molecule has 150 valence electrons. The predicted octanol–water partition coefficient (Wildman–Crippen LogP) is 4.54. The Morgan fingerprint density at radius 2 is 1.83 bits per heavy atom. The number of nitrogens with zero attached hydrogens (tertiary/aromatic N) is 1. The number of hydrogen-bond donors (Lipinski definition) is 1. The van der Waals surface area contributed by atoms with Gasteiger partial charge in [0, 0.05) is 18.4 Å². The Hall–Kier alpha value is -3.05. The second-order valence-electron chi connectivity index (χ2n) is 7.48. The summed E-state index contributed by atoms with van der Waals surface area (Å²) in [6.45, 7) is 5.75. The highest BCUT2D eigenvalue weighted by molar-refractivity contribution is 6.37. The molecule has 5 nitrogen and oxygen atoms in total. The summed E-state index contributed by atoms with van der Waals surface area (Å²) in [6, 6.07) is 15.3. The van der Waals surface area contributed by atoms with Gasteiger partial charge in [0.15, 0.2) is 12.0 Å². The number of ether oxygens (including phenoxy) is 1. The van der Waals surface area contributed by atoms with Crippen molar-refractivity contribution in [1.82, 2.24) is 0 Å². The number of aliphatic imine (C=N–C) groups is 1. The van der Waals surface area contributed by atoms with Crippen LogP contribution in [0.3, 0.4) is 0 Å². The zero-order valence-corrected chi connectivity index (χ0v) is 16.9. The molecule has 1 aliphatic carbocycles. The summed E-state index contributed by atoms with van der Waals surface area (Å²) < 4.78 is 5.90. The van der Waals surface area contributed by atoms with Crippen molar-refractivity contribution in [2.75, 3.05) is 0 Å². The molecule has 0 heterocycles. The number of aliphatic carboxylic acids is 1. The van der Waals surface area contributed by atoms with Gasteiger partial charge in [-0.25, -0.2) is 9.79 Å². The Bertz CT molecular complexity index is 971. The third-order valence-corrected chi connectivity index (χ3v) is 4.70. The third-order valence-electron chi connectivity index (χ3n) is 4.70. The number of carboxylic acids is 1. The van der Waals surface area contributed by atoms with Crippen LogP contribution < -0.4 is 0 Å². The van der Waals surface area contributed by atoms with Crippen LogP contribution in [0.4, 0.5) is 0 Å². The second kappa shape index (κ2) is 8.97. The molecule has 0 saturated carbocycles. The van der Waals surface area contributed by atoms with Crippen LogP contribution in [0, 0.1) is 6.92 Å². The Kier molecular flexibility index (Phi) is 6.39. The van der Waals surface area contributed by atoms with E-state index in [0.717, 1.165) is 22.3 Å². The topological polar surface area (TPSA) is 76.0 Å². The quantitative estimate of drug-likeness (QED) is 0.703. The van der Waals surface area contributed by atoms with Gasteiger partial charge in [0.25, 0.3) is 0 Å². The number of fused-ring (bicyclic) bond motifs is 1. The average Bonchev–Trinajstić information content (AvgIpc) is 2.66. The number of carbonyl (C=O) groups is 2. The van der Waals surface area contributed by atoms with Gasteiger partial charge in [0.1, 0.15) is 5.71 Å². The molecule has 1 N–H and O–H groups in total. The van der Waals surface area contributed by atoms with Gasteiger partial charge in [0.05, 0.1) is 6.10 Å². The molecular weight excluding hydrogens is 366 g/mol. The monoisotopic (exact) mass is 391 g/mol. The molecule has 0 saturated heterocycles. The number of hydrogen-bond acceptors (Lipinski definition) is 4. The van der Waals surface area contributed by atoms with Gasteiger partial charge < -0.3 is 9.84 Å². The van der Waals surface area contributed by atoms with E-state index in [4.69, 9.17) is 4.74 Å². The first-order valence-corrected chi connectivity index (χ1v) is 9.67. The number of aryl methyl sites for hydroxylation is 1. The summed E-state index contributed by atoms with van der Waals surface area (Å²) in [5, 5.41) is 9.79. The lowest BCUT2D eigenvalue weighted by Gasteiger charge is -2.20. The van der Waals surface area contributed by atoms with Gasteiger partial charge in [-0.05, 0) is 43.5 Å². The molecular formula is C24H25NO4. The minimum atomic E-state index is -1.12. The summed E-state index contributed by atoms with van der Waals surface area (Å²) >= 11 is 0. The predicted molar refractivity (Wildman–Crippen MR) is 113 cm³/mol. The molecule has 1 unspecified atom stereocenters. The molecule has 29 heavy (non-hydrogen) atoms. The second-order valence-corrected chi connectivity index (χ2v) is 7.48. The number of carbonyl (C=O) groups excluding carboxylic acids is 1. The zero-order valence-electron chi connectivity index (χ0n) is 16.9. The highest BCUT2D eigenvalue weighted by atomic mass is 16.5. The van der Waals surface area contributed by atoms with Crippen molar-refractivity contribution < 1.29 is 19.4 Å². The molecule has 3 rings (SSSR count). The molecule has 1 aliphatic rings. The first-order chi connectivity index (χ1) is 13.8. The Labute approximate surface area is 170 Å². The van der Waals surface area contributed by atoms with E-state index in [9.17, 15) is 14.7 Å². The number of allylic oxidation sites excluding steroid dienone is 2. The van der Waals surface area contributed by atoms with Gasteiger partial charge in [-0.1, -0.05) is 54.1 Å². The van der Waals surface area contributed by atoms with E-state index in [0.29, 0.717) is 12.0 Å². The molecule has 0 aliphatic heterocycles. The first kappa shape index (κ1) is 20.7. The van der Waals surface area contributed by atoms with Gasteiger partial charge in [-0.2, -0.15) is 0 Å². The van der Waals surface area contributed by atoms with Crippen LogP contribution in [-0.4, -0.2) is 28.7 Å². The van der Waals surface area contributed by atoms with Crippen molar-refractivity contribution in [3.05, 3.63) is 76.9 Å². The van der Waals surface area contributed by atoms with E-state index in [1.807, 2.05) is 69.3 Å². The van der Waals surface area contributed by atoms with Crippen LogP contribution in [0.2, 0.25) is 0 Å². The molecule has 0 radical (unpaired) electrons. The Balaban J connectivity index is 1.97. The van der Waals surface area contributed by atoms with E-state index < -0.39 is 12.2 Å². The van der Waals surface area contributed by atoms with E-state index in [1.165, 1.54) is 6.08 Å². The van der Waals surface area contributed by atoms with E-state index in [1.54, 1.807) is 0 Å². The highest BCUT2D eigenvalue weighted by Gasteiger charge is 2.23. The fraction of sp³-hybridized carbons (Fsp3) is 0.292. The van der Waals surface area contributed by atoms with Crippen molar-refractivity contribution in [3.8, 4) is 0 Å². The van der Waals surface area contributed by atoms with E-state index in [-0.39, 0.29) is 24.0 Å². The van der Waals surface area contributed by atoms with Gasteiger partial charge >= 0.3 is 5.97 Å². The summed E-state index contributed by atoms with van der Waals surface area (Å²) in [6.07, 6.45) is 1.07. The van der Waals surface area contributed by atoms with Crippen molar-refractivity contribution in [2.24, 2.45) is 4.99 Å². The van der Waals surface area contributed by atoms with Gasteiger partial charge in [0.2, 0.25) is 0 Å². The Morgan fingerprint density at radius 3 is 2.48 bits per heavy atom. The van der Waals surface area contributed by atoms with Gasteiger partial charge in [-0.3, -0.25) is 4.79 Å². The molecule has 2 aromatic rings. The molecule has 0 amide bonds. The molecule has 5 heteroatoms. The fourth-order valence-corrected chi connectivity index (χ4v) is 3.32. The number of benzene rings is 2. The third kappa shape index (κ3) is 5.27. The standard InChI is InChI=1S/C24H25NO4/c1-15(2)29-23(17-10-8-16(3)9-11-17)25-22(24(27)28)14-19-13-20(26)12-18-6-4-5-7-21(18)19/h4-11,13,15,23H,12,14H2,1-3H3,(H,27,28). The molecule has 0 spiro atoms. The van der Waals surface area contributed by atoms with Crippen LogP contribution in [0.1, 0.15) is 48.8 Å². The first-order valence-electron chi connectivity index (χ1n) is 9.67. The van der Waals surface area contributed by atoms with Crippen LogP contribution in [0.25, 0.3) is 5.57 Å². The zero-order chi connectivity index (χ0) is 21.0. The maximum Gasteiger partial charge on any atom is 0.350 e. The minimum Gasteiger partial charge on any atom is -0.477 e. The SMILES string of the molecule is Cc1ccc(C(N=C(CC2=CC(=O)Cc3ccccc32)C(=O)O)OC(C)C)cc1. The summed E-state index contributed by atoms with van der Waals surface area (Å²) in [4.78, 5) is 28.5. The minimum absolute atomic E-state index is 0.0306. The molecule has 0 aromatic heterocycles. The maximum atomic E-state index is 12.1. The van der Waals surface area contributed by atoms with Crippen LogP contribution in [0.5, 0.6) is 0 Å². The lowest BCUT2D eigenvalue weighted by molar-refractivity contribution is -0.129. The molecule has 2 aromatic carbocycles. The Morgan fingerprint density at radius 1 is 1.14 bits per heavy atom. The van der Waals surface area contributed by atoms with Crippen molar-refractivity contribution in [3.63, 3.8) is 0 Å². The van der Waals surface area contributed by atoms with Crippen LogP contribution >= 0.6 is 0 Å². The van der Waals surface area contributed by atoms with Crippen molar-refractivity contribution in [2.45, 2.75) is 45.9 Å². The lowest BCUT2D eigenvalue weighted by atomic mass is 9.87. The van der Waals surface area contributed by atoms with E-state index in [2.05, 4.69) is 4.99 Å². The molecule has 0 fully saturated rings. The summed E-state index contributed by atoms with van der Waals surface area (Å²) in [5.74, 6) is -1.15. The highest BCUT2D eigenvalue weighted by Crippen LogP contribution is 2.29. The molecule has 0 bridgehead atoms. The molecule has 1 atom stereocenters. The van der Waals surface area contributed by atoms with Crippen molar-refractivity contribution >= 4 is 23.0 Å². The van der Waals surface area contributed by atoms with Crippen LogP contribution in [0.15, 0.2) is 59.6 Å². The number of ketones is 1. The number of carboxylic acid groups (broad SMARTS) is 1. The lowest BCUT2D eigenvalue weighted by Crippen LogP contribution is -2.19. The number of rotatable bonds is 7.